The van der Waals surface area contributed by atoms with Gasteiger partial charge in [0.1, 0.15) is 5.82 Å². The van der Waals surface area contributed by atoms with Gasteiger partial charge in [0.2, 0.25) is 0 Å². The lowest BCUT2D eigenvalue weighted by Crippen LogP contribution is -2.42. The number of aromatic amines is 1. The van der Waals surface area contributed by atoms with Gasteiger partial charge in [0.25, 0.3) is 11.5 Å². The predicted octanol–water partition coefficient (Wildman–Crippen LogP) is 3.35. The van der Waals surface area contributed by atoms with E-state index in [1.54, 1.807) is 12.1 Å². The lowest BCUT2D eigenvalue weighted by atomic mass is 10.0. The highest BCUT2D eigenvalue weighted by molar-refractivity contribution is 6.07. The van der Waals surface area contributed by atoms with Gasteiger partial charge in [-0.05, 0) is 36.0 Å². The summed E-state index contributed by atoms with van der Waals surface area (Å²) < 4.78 is 1.34. The minimum atomic E-state index is -0.645. The van der Waals surface area contributed by atoms with Crippen LogP contribution in [-0.4, -0.2) is 22.0 Å². The molecular weight excluding hydrogens is 368 g/mol. The Kier molecular flexibility index (Phi) is 7.42. The third-order valence-corrected chi connectivity index (χ3v) is 4.84. The normalized spacial score (nSPS) is 11.3. The van der Waals surface area contributed by atoms with Crippen LogP contribution in [0.5, 0.6) is 0 Å². The van der Waals surface area contributed by atoms with Gasteiger partial charge in [-0.15, -0.1) is 0 Å². The smallest absolute Gasteiger partial charge is 0.330 e. The summed E-state index contributed by atoms with van der Waals surface area (Å²) in [5.74, 6) is 0.169. The van der Waals surface area contributed by atoms with Crippen LogP contribution in [-0.2, 0) is 6.54 Å². The van der Waals surface area contributed by atoms with E-state index in [0.29, 0.717) is 24.6 Å². The van der Waals surface area contributed by atoms with Crippen molar-refractivity contribution in [3.8, 4) is 0 Å². The van der Waals surface area contributed by atoms with Crippen molar-refractivity contribution in [2.75, 3.05) is 17.2 Å². The highest BCUT2D eigenvalue weighted by Gasteiger charge is 2.26. The molecule has 0 aliphatic carbocycles. The molecule has 0 unspecified atom stereocenters. The van der Waals surface area contributed by atoms with E-state index in [1.807, 2.05) is 32.9 Å². The molecule has 0 bridgehead atoms. The van der Waals surface area contributed by atoms with Crippen LogP contribution < -0.4 is 21.9 Å². The fraction of sp³-hybridized carbons (Fsp3) is 0.500. The van der Waals surface area contributed by atoms with Crippen LogP contribution in [0.2, 0.25) is 0 Å². The molecule has 0 fully saturated rings. The lowest BCUT2D eigenvalue weighted by molar-refractivity contribution is 0.0983. The number of unbranched alkanes of at least 4 members (excludes halogenated alkanes) is 1. The van der Waals surface area contributed by atoms with Crippen molar-refractivity contribution < 1.29 is 4.79 Å². The first kappa shape index (κ1) is 22.5. The van der Waals surface area contributed by atoms with Gasteiger partial charge in [-0.1, -0.05) is 53.2 Å². The van der Waals surface area contributed by atoms with Crippen molar-refractivity contribution in [3.05, 3.63) is 56.2 Å². The number of anilines is 2. The van der Waals surface area contributed by atoms with Crippen molar-refractivity contribution >= 4 is 17.4 Å². The zero-order valence-electron chi connectivity index (χ0n) is 18.0. The zero-order chi connectivity index (χ0) is 21.7. The Balaban J connectivity index is 2.56. The van der Waals surface area contributed by atoms with E-state index in [1.165, 1.54) is 9.47 Å². The minimum Gasteiger partial charge on any atom is -0.383 e. The largest absolute Gasteiger partial charge is 0.383 e. The Bertz CT molecular complexity index is 956. The summed E-state index contributed by atoms with van der Waals surface area (Å²) in [7, 11) is 0. The number of amides is 1. The van der Waals surface area contributed by atoms with Gasteiger partial charge in [0.15, 0.2) is 5.69 Å². The van der Waals surface area contributed by atoms with Gasteiger partial charge < -0.3 is 10.6 Å². The fourth-order valence-corrected chi connectivity index (χ4v) is 3.18. The molecular formula is C22H32N4O3. The van der Waals surface area contributed by atoms with Crippen LogP contribution in [0.4, 0.5) is 11.5 Å². The number of carbonyl (C=O) groups excluding carboxylic acids is 1. The number of H-pyrrole nitrogens is 1. The molecule has 29 heavy (non-hydrogen) atoms. The molecule has 0 radical (unpaired) electrons. The molecule has 158 valence electrons. The Morgan fingerprint density at radius 3 is 2.28 bits per heavy atom. The van der Waals surface area contributed by atoms with E-state index in [-0.39, 0.29) is 23.3 Å². The standard InChI is InChI=1S/C22H32N4O3/c1-6-7-12-25-19(23)18(20(27)24-22(25)29)26(13-14(2)3)21(28)17-10-8-16(9-11-17)15(4)5/h8-11,14-15H,6-7,12-13,23H2,1-5H3,(H,24,27,29). The van der Waals surface area contributed by atoms with E-state index >= 15 is 0 Å². The Hall–Kier alpha value is -2.83. The fourth-order valence-electron chi connectivity index (χ4n) is 3.18. The average molecular weight is 401 g/mol. The molecule has 2 aromatic rings. The predicted molar refractivity (Wildman–Crippen MR) is 118 cm³/mol. The topological polar surface area (TPSA) is 101 Å². The molecule has 3 N–H and O–H groups in total. The summed E-state index contributed by atoms with van der Waals surface area (Å²) >= 11 is 0. The first-order valence-electron chi connectivity index (χ1n) is 10.2. The number of carbonyl (C=O) groups is 1. The number of benzene rings is 1. The molecule has 0 aliphatic rings. The van der Waals surface area contributed by atoms with Crippen molar-refractivity contribution in [3.63, 3.8) is 0 Å². The van der Waals surface area contributed by atoms with E-state index in [2.05, 4.69) is 18.8 Å². The van der Waals surface area contributed by atoms with Crippen LogP contribution in [0.15, 0.2) is 33.9 Å². The van der Waals surface area contributed by atoms with E-state index in [4.69, 9.17) is 5.73 Å². The Morgan fingerprint density at radius 2 is 1.76 bits per heavy atom. The van der Waals surface area contributed by atoms with Gasteiger partial charge in [-0.3, -0.25) is 19.1 Å². The van der Waals surface area contributed by atoms with E-state index < -0.39 is 11.2 Å². The van der Waals surface area contributed by atoms with Gasteiger partial charge in [0, 0.05) is 18.7 Å². The molecule has 0 spiro atoms. The SMILES string of the molecule is CCCCn1c(N)c(N(CC(C)C)C(=O)c2ccc(C(C)C)cc2)c(=O)[nH]c1=O. The quantitative estimate of drug-likeness (QED) is 0.709. The van der Waals surface area contributed by atoms with Crippen LogP contribution in [0.1, 0.15) is 69.3 Å². The van der Waals surface area contributed by atoms with Crippen molar-refractivity contribution in [2.24, 2.45) is 5.92 Å². The minimum absolute atomic E-state index is 0.0278. The maximum Gasteiger partial charge on any atom is 0.330 e. The van der Waals surface area contributed by atoms with E-state index in [0.717, 1.165) is 18.4 Å². The number of hydrogen-bond acceptors (Lipinski definition) is 4. The van der Waals surface area contributed by atoms with Gasteiger partial charge in [0.05, 0.1) is 0 Å². The highest BCUT2D eigenvalue weighted by Crippen LogP contribution is 2.22. The molecule has 7 heteroatoms. The van der Waals surface area contributed by atoms with Crippen molar-refractivity contribution in [1.82, 2.24) is 9.55 Å². The number of nitrogen functional groups attached to an aromatic ring is 1. The average Bonchev–Trinajstić information content (AvgIpc) is 2.66. The molecule has 1 aromatic heterocycles. The van der Waals surface area contributed by atoms with Crippen LogP contribution in [0.3, 0.4) is 0 Å². The Morgan fingerprint density at radius 1 is 1.14 bits per heavy atom. The maximum atomic E-state index is 13.3. The number of rotatable bonds is 8. The lowest BCUT2D eigenvalue weighted by Gasteiger charge is -2.26. The summed E-state index contributed by atoms with van der Waals surface area (Å²) in [6.45, 7) is 10.8. The third kappa shape index (κ3) is 5.16. The van der Waals surface area contributed by atoms with Gasteiger partial charge >= 0.3 is 5.69 Å². The van der Waals surface area contributed by atoms with E-state index in [9.17, 15) is 14.4 Å². The van der Waals surface area contributed by atoms with Crippen LogP contribution >= 0.6 is 0 Å². The molecule has 0 saturated carbocycles. The maximum absolute atomic E-state index is 13.3. The first-order chi connectivity index (χ1) is 13.7. The first-order valence-corrected chi connectivity index (χ1v) is 10.2. The summed E-state index contributed by atoms with van der Waals surface area (Å²) in [6.07, 6.45) is 1.61. The molecule has 1 heterocycles. The number of nitrogens with two attached hydrogens (primary N) is 1. The second-order valence-corrected chi connectivity index (χ2v) is 8.08. The molecule has 0 atom stereocenters. The van der Waals surface area contributed by atoms with Crippen molar-refractivity contribution in [2.45, 2.75) is 59.9 Å². The number of aromatic nitrogens is 2. The number of nitrogens with zero attached hydrogens (tertiary/aromatic N) is 2. The van der Waals surface area contributed by atoms with Crippen LogP contribution in [0.25, 0.3) is 0 Å². The van der Waals surface area contributed by atoms with Gasteiger partial charge in [-0.25, -0.2) is 4.79 Å². The third-order valence-electron chi connectivity index (χ3n) is 4.84. The molecule has 2 rings (SSSR count). The summed E-state index contributed by atoms with van der Waals surface area (Å²) in [6, 6.07) is 7.37. The Labute approximate surface area is 171 Å². The number of nitrogens with one attached hydrogen (secondary N) is 1. The van der Waals surface area contributed by atoms with Crippen LogP contribution in [0, 0.1) is 5.92 Å². The molecule has 0 aliphatic heterocycles. The van der Waals surface area contributed by atoms with Gasteiger partial charge in [-0.2, -0.15) is 0 Å². The summed E-state index contributed by atoms with van der Waals surface area (Å²) in [5.41, 5.74) is 6.67. The molecule has 7 nitrogen and oxygen atoms in total. The van der Waals surface area contributed by atoms with Crippen molar-refractivity contribution in [1.29, 1.82) is 0 Å². The molecule has 0 saturated heterocycles. The zero-order valence-corrected chi connectivity index (χ0v) is 18.0. The molecule has 1 amide bonds. The number of hydrogen-bond donors (Lipinski definition) is 2. The second-order valence-electron chi connectivity index (χ2n) is 8.08. The monoisotopic (exact) mass is 400 g/mol. The highest BCUT2D eigenvalue weighted by atomic mass is 16.2. The molecule has 1 aromatic carbocycles. The second kappa shape index (κ2) is 9.58. The summed E-state index contributed by atoms with van der Waals surface area (Å²) in [5, 5.41) is 0. The summed E-state index contributed by atoms with van der Waals surface area (Å²) in [4.78, 5) is 41.9.